The second-order valence-electron chi connectivity index (χ2n) is 4.33. The van der Waals surface area contributed by atoms with Gasteiger partial charge in [-0.3, -0.25) is 4.68 Å². The normalized spacial score (nSPS) is 12.6. The first kappa shape index (κ1) is 11.9. The number of aromatic nitrogens is 2. The van der Waals surface area contributed by atoms with E-state index < -0.39 is 0 Å². The Morgan fingerprint density at radius 1 is 1.29 bits per heavy atom. The standard InChI is InChI=1S/C14H19N3/c1-3-12-9-13(17(2)16-12)10-14(15)11-7-5-4-6-8-11/h4-9,14H,3,10,15H2,1-2H3. The molecule has 2 aromatic rings. The highest BCUT2D eigenvalue weighted by Crippen LogP contribution is 2.16. The maximum atomic E-state index is 6.21. The van der Waals surface area contributed by atoms with Crippen LogP contribution in [-0.2, 0) is 19.9 Å². The summed E-state index contributed by atoms with van der Waals surface area (Å²) in [6, 6.07) is 12.4. The van der Waals surface area contributed by atoms with E-state index in [1.54, 1.807) is 0 Å². The van der Waals surface area contributed by atoms with Crippen molar-refractivity contribution in [2.24, 2.45) is 12.8 Å². The van der Waals surface area contributed by atoms with E-state index in [1.165, 1.54) is 11.3 Å². The van der Waals surface area contributed by atoms with E-state index in [9.17, 15) is 0 Å². The number of hydrogen-bond donors (Lipinski definition) is 1. The topological polar surface area (TPSA) is 43.8 Å². The van der Waals surface area contributed by atoms with E-state index in [2.05, 4.69) is 30.2 Å². The average molecular weight is 229 g/mol. The maximum absolute atomic E-state index is 6.21. The van der Waals surface area contributed by atoms with Crippen LogP contribution in [0.25, 0.3) is 0 Å². The molecule has 1 aromatic heterocycles. The lowest BCUT2D eigenvalue weighted by Gasteiger charge is -2.11. The molecule has 0 saturated heterocycles. The summed E-state index contributed by atoms with van der Waals surface area (Å²) in [6.07, 6.45) is 1.79. The van der Waals surface area contributed by atoms with E-state index in [0.717, 1.165) is 18.5 Å². The SMILES string of the molecule is CCc1cc(CC(N)c2ccccc2)n(C)n1. The minimum Gasteiger partial charge on any atom is -0.324 e. The van der Waals surface area contributed by atoms with E-state index in [1.807, 2.05) is 29.9 Å². The summed E-state index contributed by atoms with van der Waals surface area (Å²) in [6.45, 7) is 2.11. The third kappa shape index (κ3) is 2.74. The van der Waals surface area contributed by atoms with Crippen LogP contribution in [-0.4, -0.2) is 9.78 Å². The van der Waals surface area contributed by atoms with Gasteiger partial charge in [-0.15, -0.1) is 0 Å². The van der Waals surface area contributed by atoms with Crippen molar-refractivity contribution in [3.63, 3.8) is 0 Å². The zero-order chi connectivity index (χ0) is 12.3. The molecule has 0 bridgehead atoms. The molecule has 0 fully saturated rings. The van der Waals surface area contributed by atoms with E-state index in [4.69, 9.17) is 5.73 Å². The lowest BCUT2D eigenvalue weighted by Crippen LogP contribution is -2.15. The van der Waals surface area contributed by atoms with Gasteiger partial charge in [-0.05, 0) is 18.1 Å². The lowest BCUT2D eigenvalue weighted by molar-refractivity contribution is 0.638. The second-order valence-corrected chi connectivity index (χ2v) is 4.33. The molecule has 3 heteroatoms. The van der Waals surface area contributed by atoms with Crippen molar-refractivity contribution in [1.29, 1.82) is 0 Å². The fourth-order valence-corrected chi connectivity index (χ4v) is 1.98. The van der Waals surface area contributed by atoms with Crippen molar-refractivity contribution in [3.05, 3.63) is 53.3 Å². The largest absolute Gasteiger partial charge is 0.324 e. The van der Waals surface area contributed by atoms with Crippen LogP contribution < -0.4 is 5.73 Å². The molecule has 1 atom stereocenters. The Bertz CT molecular complexity index is 473. The highest BCUT2D eigenvalue weighted by atomic mass is 15.3. The molecule has 2 rings (SSSR count). The van der Waals surface area contributed by atoms with Crippen molar-refractivity contribution in [2.75, 3.05) is 0 Å². The first-order valence-electron chi connectivity index (χ1n) is 6.03. The smallest absolute Gasteiger partial charge is 0.0624 e. The third-order valence-electron chi connectivity index (χ3n) is 3.05. The van der Waals surface area contributed by atoms with Crippen molar-refractivity contribution < 1.29 is 0 Å². The van der Waals surface area contributed by atoms with Gasteiger partial charge < -0.3 is 5.73 Å². The van der Waals surface area contributed by atoms with E-state index in [0.29, 0.717) is 0 Å². The molecule has 90 valence electrons. The number of benzene rings is 1. The van der Waals surface area contributed by atoms with Crippen molar-refractivity contribution >= 4 is 0 Å². The molecular weight excluding hydrogens is 210 g/mol. The molecule has 0 saturated carbocycles. The van der Waals surface area contributed by atoms with Gasteiger partial charge in [0.05, 0.1) is 5.69 Å². The van der Waals surface area contributed by atoms with Crippen molar-refractivity contribution in [2.45, 2.75) is 25.8 Å². The Hall–Kier alpha value is -1.61. The first-order chi connectivity index (χ1) is 8.20. The third-order valence-corrected chi connectivity index (χ3v) is 3.05. The molecular formula is C14H19N3. The van der Waals surface area contributed by atoms with Crippen LogP contribution in [0.15, 0.2) is 36.4 Å². The summed E-state index contributed by atoms with van der Waals surface area (Å²) in [5, 5.41) is 4.44. The van der Waals surface area contributed by atoms with Crippen molar-refractivity contribution in [3.8, 4) is 0 Å². The summed E-state index contributed by atoms with van der Waals surface area (Å²) >= 11 is 0. The predicted octanol–water partition coefficient (Wildman–Crippen LogP) is 2.22. The van der Waals surface area contributed by atoms with Gasteiger partial charge in [-0.1, -0.05) is 37.3 Å². The molecule has 0 aliphatic rings. The summed E-state index contributed by atoms with van der Waals surface area (Å²) in [5.41, 5.74) is 9.70. The van der Waals surface area contributed by atoms with Gasteiger partial charge in [0.2, 0.25) is 0 Å². The lowest BCUT2D eigenvalue weighted by atomic mass is 10.0. The molecule has 0 aliphatic carbocycles. The van der Waals surface area contributed by atoms with Gasteiger partial charge in [-0.2, -0.15) is 5.10 Å². The molecule has 1 heterocycles. The van der Waals surface area contributed by atoms with Gasteiger partial charge in [0.1, 0.15) is 0 Å². The fraction of sp³-hybridized carbons (Fsp3) is 0.357. The summed E-state index contributed by atoms with van der Waals surface area (Å²) in [7, 11) is 1.98. The minimum absolute atomic E-state index is 0.0382. The molecule has 0 aliphatic heterocycles. The van der Waals surface area contributed by atoms with Crippen LogP contribution >= 0.6 is 0 Å². The number of rotatable bonds is 4. The molecule has 0 spiro atoms. The van der Waals surface area contributed by atoms with Crippen LogP contribution in [0.1, 0.15) is 29.9 Å². The zero-order valence-corrected chi connectivity index (χ0v) is 10.4. The second kappa shape index (κ2) is 5.15. The molecule has 0 amide bonds. The Balaban J connectivity index is 2.13. The number of hydrogen-bond acceptors (Lipinski definition) is 2. The van der Waals surface area contributed by atoms with Gasteiger partial charge in [0.15, 0.2) is 0 Å². The molecule has 17 heavy (non-hydrogen) atoms. The zero-order valence-electron chi connectivity index (χ0n) is 10.4. The maximum Gasteiger partial charge on any atom is 0.0624 e. The van der Waals surface area contributed by atoms with Gasteiger partial charge in [-0.25, -0.2) is 0 Å². The molecule has 2 N–H and O–H groups in total. The fourth-order valence-electron chi connectivity index (χ4n) is 1.98. The van der Waals surface area contributed by atoms with Crippen LogP contribution in [0.5, 0.6) is 0 Å². The van der Waals surface area contributed by atoms with Crippen LogP contribution in [0.4, 0.5) is 0 Å². The summed E-state index contributed by atoms with van der Waals surface area (Å²) in [5.74, 6) is 0. The number of nitrogens with zero attached hydrogens (tertiary/aromatic N) is 2. The van der Waals surface area contributed by atoms with Crippen LogP contribution in [0.3, 0.4) is 0 Å². The minimum atomic E-state index is 0.0382. The van der Waals surface area contributed by atoms with Crippen LogP contribution in [0.2, 0.25) is 0 Å². The summed E-state index contributed by atoms with van der Waals surface area (Å²) < 4.78 is 1.93. The Morgan fingerprint density at radius 2 is 2.00 bits per heavy atom. The van der Waals surface area contributed by atoms with Crippen molar-refractivity contribution in [1.82, 2.24) is 9.78 Å². The highest BCUT2D eigenvalue weighted by molar-refractivity contribution is 5.21. The molecule has 0 radical (unpaired) electrons. The summed E-state index contributed by atoms with van der Waals surface area (Å²) in [4.78, 5) is 0. The van der Waals surface area contributed by atoms with Gasteiger partial charge >= 0.3 is 0 Å². The molecule has 1 aromatic carbocycles. The van der Waals surface area contributed by atoms with Crippen LogP contribution in [0, 0.1) is 0 Å². The molecule has 3 nitrogen and oxygen atoms in total. The predicted molar refractivity (Wildman–Crippen MR) is 69.7 cm³/mol. The Kier molecular flexibility index (Phi) is 3.59. The first-order valence-corrected chi connectivity index (χ1v) is 6.03. The van der Waals surface area contributed by atoms with Gasteiger partial charge in [0, 0.05) is 25.2 Å². The van der Waals surface area contributed by atoms with E-state index in [-0.39, 0.29) is 6.04 Å². The Labute approximate surface area is 102 Å². The molecule has 1 unspecified atom stereocenters. The number of aryl methyl sites for hydroxylation is 2. The van der Waals surface area contributed by atoms with Gasteiger partial charge in [0.25, 0.3) is 0 Å². The highest BCUT2D eigenvalue weighted by Gasteiger charge is 2.10. The number of nitrogens with two attached hydrogens (primary N) is 1. The Morgan fingerprint density at radius 3 is 2.59 bits per heavy atom. The van der Waals surface area contributed by atoms with E-state index >= 15 is 0 Å². The quantitative estimate of drug-likeness (QED) is 0.873. The monoisotopic (exact) mass is 229 g/mol. The average Bonchev–Trinajstić information content (AvgIpc) is 2.71.